The van der Waals surface area contributed by atoms with Crippen LogP contribution in [0.1, 0.15) is 32.8 Å². The van der Waals surface area contributed by atoms with Crippen molar-refractivity contribution in [3.63, 3.8) is 0 Å². The van der Waals surface area contributed by atoms with Crippen LogP contribution in [0.25, 0.3) is 11.2 Å². The van der Waals surface area contributed by atoms with Crippen molar-refractivity contribution in [2.45, 2.75) is 40.3 Å². The average Bonchev–Trinajstić information content (AvgIpc) is 3.10. The molecule has 1 amide bonds. The predicted octanol–water partition coefficient (Wildman–Crippen LogP) is 1.15. The van der Waals surface area contributed by atoms with Crippen molar-refractivity contribution >= 4 is 35.0 Å². The van der Waals surface area contributed by atoms with Gasteiger partial charge in [-0.3, -0.25) is 34.0 Å². The Balaban J connectivity index is 1.94. The van der Waals surface area contributed by atoms with Crippen LogP contribution in [0.3, 0.4) is 0 Å². The number of ether oxygens (including phenoxy) is 2. The fourth-order valence-electron chi connectivity index (χ4n) is 3.49. The Morgan fingerprint density at radius 1 is 1.09 bits per heavy atom. The molecule has 180 valence electrons. The van der Waals surface area contributed by atoms with Crippen molar-refractivity contribution in [1.82, 2.24) is 14.5 Å². The van der Waals surface area contributed by atoms with Gasteiger partial charge in [0.1, 0.15) is 0 Å². The van der Waals surface area contributed by atoms with E-state index < -0.39 is 11.9 Å². The van der Waals surface area contributed by atoms with Gasteiger partial charge in [-0.05, 0) is 12.0 Å². The minimum absolute atomic E-state index is 0.0487. The third kappa shape index (κ3) is 6.74. The SMILES string of the molecule is CC(=O)Nc1nc2c(c(=O)[nH]1)n(Cc1ccccc1)c[n+]2CCC(COC(C)=O)COC(C)=O. The van der Waals surface area contributed by atoms with E-state index >= 15 is 0 Å². The second kappa shape index (κ2) is 11.2. The third-order valence-corrected chi connectivity index (χ3v) is 5.03. The molecule has 3 rings (SSSR count). The molecule has 11 heteroatoms. The molecule has 0 unspecified atom stereocenters. The fraction of sp³-hybridized carbons (Fsp3) is 0.391. The first kappa shape index (κ1) is 24.6. The molecule has 0 aliphatic carbocycles. The summed E-state index contributed by atoms with van der Waals surface area (Å²) >= 11 is 0. The van der Waals surface area contributed by atoms with Crippen LogP contribution in [0, 0.1) is 5.92 Å². The average molecular weight is 471 g/mol. The molecule has 2 aromatic heterocycles. The lowest BCUT2D eigenvalue weighted by atomic mass is 10.1. The van der Waals surface area contributed by atoms with Crippen molar-refractivity contribution in [2.24, 2.45) is 5.92 Å². The third-order valence-electron chi connectivity index (χ3n) is 5.03. The van der Waals surface area contributed by atoms with Crippen LogP contribution >= 0.6 is 0 Å². The zero-order chi connectivity index (χ0) is 24.7. The van der Waals surface area contributed by atoms with Gasteiger partial charge in [-0.1, -0.05) is 35.3 Å². The molecule has 0 fully saturated rings. The zero-order valence-corrected chi connectivity index (χ0v) is 19.4. The number of nitrogens with one attached hydrogen (secondary N) is 2. The summed E-state index contributed by atoms with van der Waals surface area (Å²) in [4.78, 5) is 54.0. The molecule has 0 aliphatic rings. The van der Waals surface area contributed by atoms with Crippen LogP contribution in [0.2, 0.25) is 0 Å². The van der Waals surface area contributed by atoms with E-state index in [0.29, 0.717) is 30.7 Å². The molecular formula is C23H28N5O6+. The first-order valence-corrected chi connectivity index (χ1v) is 10.8. The molecule has 3 aromatic rings. The molecule has 0 saturated carbocycles. The summed E-state index contributed by atoms with van der Waals surface area (Å²) in [7, 11) is 0. The van der Waals surface area contributed by atoms with Gasteiger partial charge in [-0.2, -0.15) is 0 Å². The largest absolute Gasteiger partial charge is 0.465 e. The highest BCUT2D eigenvalue weighted by Gasteiger charge is 2.24. The van der Waals surface area contributed by atoms with Crippen LogP contribution in [-0.2, 0) is 36.9 Å². The van der Waals surface area contributed by atoms with Crippen molar-refractivity contribution in [3.8, 4) is 0 Å². The summed E-state index contributed by atoms with van der Waals surface area (Å²) in [6.45, 7) is 4.99. The van der Waals surface area contributed by atoms with Crippen molar-refractivity contribution in [3.05, 3.63) is 52.6 Å². The molecule has 0 saturated heterocycles. The molecule has 0 bridgehead atoms. The number of H-pyrrole nitrogens is 1. The van der Waals surface area contributed by atoms with Crippen LogP contribution < -0.4 is 15.4 Å². The van der Waals surface area contributed by atoms with Gasteiger partial charge in [0.05, 0.1) is 26.3 Å². The lowest BCUT2D eigenvalue weighted by molar-refractivity contribution is -0.675. The molecule has 0 atom stereocenters. The zero-order valence-electron chi connectivity index (χ0n) is 19.4. The minimum atomic E-state index is -0.423. The number of rotatable bonds is 10. The number of benzene rings is 1. The number of anilines is 1. The monoisotopic (exact) mass is 470 g/mol. The number of aromatic nitrogens is 4. The first-order chi connectivity index (χ1) is 16.2. The summed E-state index contributed by atoms with van der Waals surface area (Å²) in [5, 5.41) is 2.51. The highest BCUT2D eigenvalue weighted by atomic mass is 16.5. The maximum absolute atomic E-state index is 12.9. The summed E-state index contributed by atoms with van der Waals surface area (Å²) in [6.07, 6.45) is 2.27. The highest BCUT2D eigenvalue weighted by Crippen LogP contribution is 2.12. The molecule has 1 aromatic carbocycles. The number of aryl methyl sites for hydroxylation is 1. The Morgan fingerprint density at radius 3 is 2.32 bits per heavy atom. The van der Waals surface area contributed by atoms with Gasteiger partial charge < -0.3 is 9.47 Å². The van der Waals surface area contributed by atoms with Crippen molar-refractivity contribution < 1.29 is 28.4 Å². The minimum Gasteiger partial charge on any atom is -0.465 e. The molecule has 0 aliphatic heterocycles. The van der Waals surface area contributed by atoms with Gasteiger partial charge in [0.2, 0.25) is 11.4 Å². The maximum Gasteiger partial charge on any atom is 0.311 e. The van der Waals surface area contributed by atoms with E-state index in [9.17, 15) is 19.2 Å². The highest BCUT2D eigenvalue weighted by molar-refractivity contribution is 5.87. The fourth-order valence-corrected chi connectivity index (χ4v) is 3.49. The number of nitrogens with zero attached hydrogens (tertiary/aromatic N) is 3. The molecule has 34 heavy (non-hydrogen) atoms. The standard InChI is InChI=1S/C23H27N5O6/c1-15(29)24-23-25-21-20(22(32)26-23)28(11-18-7-5-4-6-8-18)14-27(21)10-9-19(12-33-16(2)30)13-34-17(3)31/h4-8,14,19H,9-13H2,1-3H3,(H-,24,25,26,29,32)/p+1. The Hall–Kier alpha value is -4.02. The van der Waals surface area contributed by atoms with E-state index in [-0.39, 0.29) is 36.5 Å². The number of imidazole rings is 1. The number of carbonyl (C=O) groups is 3. The lowest BCUT2D eigenvalue weighted by Crippen LogP contribution is -2.36. The Morgan fingerprint density at radius 2 is 1.74 bits per heavy atom. The smallest absolute Gasteiger partial charge is 0.311 e. The lowest BCUT2D eigenvalue weighted by Gasteiger charge is -2.15. The van der Waals surface area contributed by atoms with Crippen LogP contribution in [-0.4, -0.2) is 45.6 Å². The molecule has 2 N–H and O–H groups in total. The number of aromatic amines is 1. The van der Waals surface area contributed by atoms with E-state index in [4.69, 9.17) is 9.47 Å². The van der Waals surface area contributed by atoms with Gasteiger partial charge in [-0.25, -0.2) is 4.57 Å². The molecule has 0 radical (unpaired) electrons. The number of carbonyl (C=O) groups excluding carboxylic acids is 3. The Labute approximate surface area is 195 Å². The number of amides is 1. The van der Waals surface area contributed by atoms with Crippen LogP contribution in [0.15, 0.2) is 41.5 Å². The van der Waals surface area contributed by atoms with Crippen molar-refractivity contribution in [2.75, 3.05) is 18.5 Å². The van der Waals surface area contributed by atoms with E-state index in [1.165, 1.54) is 20.8 Å². The Kier molecular flexibility index (Phi) is 8.12. The topological polar surface area (TPSA) is 136 Å². The quantitative estimate of drug-likeness (QED) is 0.335. The maximum atomic E-state index is 12.9. The first-order valence-electron chi connectivity index (χ1n) is 10.8. The summed E-state index contributed by atoms with van der Waals surface area (Å²) in [5.74, 6) is -1.40. The molecule has 2 heterocycles. The van der Waals surface area contributed by atoms with E-state index in [2.05, 4.69) is 15.3 Å². The number of hydrogen-bond acceptors (Lipinski definition) is 7. The summed E-state index contributed by atoms with van der Waals surface area (Å²) < 4.78 is 13.8. The molecule has 11 nitrogen and oxygen atoms in total. The van der Waals surface area contributed by atoms with Gasteiger partial charge in [0.15, 0.2) is 6.33 Å². The van der Waals surface area contributed by atoms with Gasteiger partial charge in [0, 0.05) is 26.7 Å². The molecular weight excluding hydrogens is 442 g/mol. The predicted molar refractivity (Wildman–Crippen MR) is 122 cm³/mol. The summed E-state index contributed by atoms with van der Waals surface area (Å²) in [6, 6.07) is 9.66. The van der Waals surface area contributed by atoms with E-state index in [1.54, 1.807) is 15.5 Å². The van der Waals surface area contributed by atoms with Crippen molar-refractivity contribution in [1.29, 1.82) is 0 Å². The second-order valence-corrected chi connectivity index (χ2v) is 7.95. The molecule has 0 spiro atoms. The van der Waals surface area contributed by atoms with Gasteiger partial charge in [0.25, 0.3) is 11.5 Å². The van der Waals surface area contributed by atoms with E-state index in [1.807, 2.05) is 30.3 Å². The second-order valence-electron chi connectivity index (χ2n) is 7.95. The van der Waals surface area contributed by atoms with Crippen LogP contribution in [0.5, 0.6) is 0 Å². The normalized spacial score (nSPS) is 10.9. The number of hydrogen-bond donors (Lipinski definition) is 2. The van der Waals surface area contributed by atoms with Crippen LogP contribution in [0.4, 0.5) is 5.95 Å². The number of fused-ring (bicyclic) bond motifs is 1. The Bertz CT molecular complexity index is 1220. The van der Waals surface area contributed by atoms with Gasteiger partial charge >= 0.3 is 17.6 Å². The number of esters is 2. The van der Waals surface area contributed by atoms with E-state index in [0.717, 1.165) is 5.56 Å². The van der Waals surface area contributed by atoms with Gasteiger partial charge in [-0.15, -0.1) is 0 Å². The summed E-state index contributed by atoms with van der Waals surface area (Å²) in [5.41, 5.74) is 1.36.